The first-order valence-electron chi connectivity index (χ1n) is 4.72. The first kappa shape index (κ1) is 13.7. The molecule has 4 nitrogen and oxygen atoms in total. The second-order valence-corrected chi connectivity index (χ2v) is 4.59. The molecule has 0 aliphatic heterocycles. The molecule has 0 bridgehead atoms. The maximum atomic E-state index is 11.8. The van der Waals surface area contributed by atoms with Gasteiger partial charge in [-0.05, 0) is 13.8 Å². The highest BCUT2D eigenvalue weighted by Crippen LogP contribution is 2.51. The SMILES string of the molecule is C=C(OP(=O)(OCC)OCC)C(C)C. The van der Waals surface area contributed by atoms with Crippen molar-refractivity contribution in [2.75, 3.05) is 13.2 Å². The fourth-order valence-corrected chi connectivity index (χ4v) is 1.97. The molecule has 0 atom stereocenters. The normalized spacial score (nSPS) is 11.8. The zero-order valence-corrected chi connectivity index (χ0v) is 10.2. The molecule has 0 rings (SSSR count). The van der Waals surface area contributed by atoms with Crippen LogP contribution in [0.15, 0.2) is 12.3 Å². The van der Waals surface area contributed by atoms with Crippen LogP contribution in [-0.4, -0.2) is 13.2 Å². The molecule has 0 fully saturated rings. The highest BCUT2D eigenvalue weighted by atomic mass is 31.2. The second kappa shape index (κ2) is 6.23. The van der Waals surface area contributed by atoms with Gasteiger partial charge in [0.15, 0.2) is 0 Å². The van der Waals surface area contributed by atoms with E-state index in [-0.39, 0.29) is 19.1 Å². The highest BCUT2D eigenvalue weighted by molar-refractivity contribution is 7.48. The molecule has 0 amide bonds. The minimum absolute atomic E-state index is 0.0873. The fraction of sp³-hybridized carbons (Fsp3) is 0.778. The van der Waals surface area contributed by atoms with Crippen LogP contribution < -0.4 is 0 Å². The summed E-state index contributed by atoms with van der Waals surface area (Å²) in [5.41, 5.74) is 0. The first-order valence-corrected chi connectivity index (χ1v) is 6.18. The van der Waals surface area contributed by atoms with E-state index in [0.29, 0.717) is 5.76 Å². The molecule has 0 spiro atoms. The maximum absolute atomic E-state index is 11.8. The predicted octanol–water partition coefficient (Wildman–Crippen LogP) is 3.35. The summed E-state index contributed by atoms with van der Waals surface area (Å²) in [6.07, 6.45) is 0. The zero-order valence-electron chi connectivity index (χ0n) is 9.28. The third-order valence-electron chi connectivity index (χ3n) is 1.45. The number of phosphoric acid groups is 1. The number of hydrogen-bond acceptors (Lipinski definition) is 4. The van der Waals surface area contributed by atoms with Gasteiger partial charge >= 0.3 is 7.82 Å². The van der Waals surface area contributed by atoms with Crippen LogP contribution >= 0.6 is 7.82 Å². The summed E-state index contributed by atoms with van der Waals surface area (Å²) in [6.45, 7) is 11.5. The molecule has 0 aromatic carbocycles. The van der Waals surface area contributed by atoms with Crippen molar-refractivity contribution in [1.29, 1.82) is 0 Å². The molecule has 84 valence electrons. The molecular formula is C9H19O4P. The summed E-state index contributed by atoms with van der Waals surface area (Å²) in [7, 11) is -3.43. The Morgan fingerprint density at radius 2 is 1.71 bits per heavy atom. The van der Waals surface area contributed by atoms with E-state index >= 15 is 0 Å². The van der Waals surface area contributed by atoms with Gasteiger partial charge in [-0.2, -0.15) is 0 Å². The summed E-state index contributed by atoms with van der Waals surface area (Å²) in [5, 5.41) is 0. The van der Waals surface area contributed by atoms with E-state index in [1.165, 1.54) is 0 Å². The molecule has 0 saturated heterocycles. The van der Waals surface area contributed by atoms with Crippen molar-refractivity contribution in [2.24, 2.45) is 5.92 Å². The summed E-state index contributed by atoms with van der Waals surface area (Å²) in [6, 6.07) is 0. The van der Waals surface area contributed by atoms with Gasteiger partial charge in [-0.25, -0.2) is 4.57 Å². The molecule has 0 N–H and O–H groups in total. The van der Waals surface area contributed by atoms with E-state index < -0.39 is 7.82 Å². The Balaban J connectivity index is 4.36. The Morgan fingerprint density at radius 1 is 1.29 bits per heavy atom. The fourth-order valence-electron chi connectivity index (χ4n) is 0.655. The lowest BCUT2D eigenvalue weighted by molar-refractivity contribution is 0.139. The molecule has 0 radical (unpaired) electrons. The van der Waals surface area contributed by atoms with E-state index in [1.807, 2.05) is 13.8 Å². The van der Waals surface area contributed by atoms with E-state index in [0.717, 1.165) is 0 Å². The second-order valence-electron chi connectivity index (χ2n) is 3.00. The molecule has 0 aromatic rings. The van der Waals surface area contributed by atoms with Crippen LogP contribution in [-0.2, 0) is 18.1 Å². The topological polar surface area (TPSA) is 44.8 Å². The van der Waals surface area contributed by atoms with Crippen molar-refractivity contribution >= 4 is 7.82 Å². The average Bonchev–Trinajstić information content (AvgIpc) is 2.04. The van der Waals surface area contributed by atoms with Gasteiger partial charge in [0, 0.05) is 5.92 Å². The molecule has 0 aromatic heterocycles. The van der Waals surface area contributed by atoms with Crippen molar-refractivity contribution < 1.29 is 18.1 Å². The van der Waals surface area contributed by atoms with Gasteiger partial charge in [0.2, 0.25) is 0 Å². The molecule has 0 unspecified atom stereocenters. The van der Waals surface area contributed by atoms with E-state index in [1.54, 1.807) is 13.8 Å². The Morgan fingerprint density at radius 3 is 2.00 bits per heavy atom. The quantitative estimate of drug-likeness (QED) is 0.489. The largest absolute Gasteiger partial charge is 0.529 e. The van der Waals surface area contributed by atoms with Gasteiger partial charge in [0.05, 0.1) is 13.2 Å². The minimum atomic E-state index is -3.43. The monoisotopic (exact) mass is 222 g/mol. The van der Waals surface area contributed by atoms with Crippen molar-refractivity contribution in [1.82, 2.24) is 0 Å². The van der Waals surface area contributed by atoms with Gasteiger partial charge in [-0.15, -0.1) is 0 Å². The van der Waals surface area contributed by atoms with Gasteiger partial charge in [0.1, 0.15) is 5.76 Å². The van der Waals surface area contributed by atoms with E-state index in [4.69, 9.17) is 13.6 Å². The summed E-state index contributed by atoms with van der Waals surface area (Å²) in [4.78, 5) is 0. The Bertz CT molecular complexity index is 215. The van der Waals surface area contributed by atoms with E-state index in [2.05, 4.69) is 6.58 Å². The van der Waals surface area contributed by atoms with Crippen molar-refractivity contribution in [3.05, 3.63) is 12.3 Å². The number of allylic oxidation sites excluding steroid dienone is 1. The van der Waals surface area contributed by atoms with Crippen molar-refractivity contribution in [3.8, 4) is 0 Å². The van der Waals surface area contributed by atoms with Crippen LogP contribution in [0.1, 0.15) is 27.7 Å². The zero-order chi connectivity index (χ0) is 11.2. The number of phosphoric ester groups is 1. The van der Waals surface area contributed by atoms with Crippen LogP contribution in [0.5, 0.6) is 0 Å². The Hall–Kier alpha value is -0.310. The van der Waals surface area contributed by atoms with Crippen LogP contribution in [0.25, 0.3) is 0 Å². The molecule has 14 heavy (non-hydrogen) atoms. The summed E-state index contributed by atoms with van der Waals surface area (Å²) >= 11 is 0. The van der Waals surface area contributed by atoms with Gasteiger partial charge in [0.25, 0.3) is 0 Å². The summed E-state index contributed by atoms with van der Waals surface area (Å²) in [5.74, 6) is 0.500. The average molecular weight is 222 g/mol. The van der Waals surface area contributed by atoms with Crippen LogP contribution in [0, 0.1) is 5.92 Å². The minimum Gasteiger partial charge on any atom is -0.409 e. The number of rotatable bonds is 7. The summed E-state index contributed by atoms with van der Waals surface area (Å²) < 4.78 is 26.8. The van der Waals surface area contributed by atoms with Gasteiger partial charge < -0.3 is 4.52 Å². The highest BCUT2D eigenvalue weighted by Gasteiger charge is 2.28. The molecule has 5 heteroatoms. The Labute approximate surface area is 85.9 Å². The number of hydrogen-bond donors (Lipinski definition) is 0. The smallest absolute Gasteiger partial charge is 0.409 e. The third-order valence-corrected chi connectivity index (χ3v) is 3.05. The van der Waals surface area contributed by atoms with Gasteiger partial charge in [-0.1, -0.05) is 20.4 Å². The molecular weight excluding hydrogens is 203 g/mol. The Kier molecular flexibility index (Phi) is 6.09. The molecule has 0 aliphatic carbocycles. The standard InChI is InChI=1S/C9H19O4P/c1-6-11-14(10,12-7-2)13-9(5)8(3)4/h8H,5-7H2,1-4H3. The van der Waals surface area contributed by atoms with Crippen molar-refractivity contribution in [2.45, 2.75) is 27.7 Å². The molecule has 0 aliphatic rings. The lowest BCUT2D eigenvalue weighted by Gasteiger charge is -2.19. The van der Waals surface area contributed by atoms with Crippen molar-refractivity contribution in [3.63, 3.8) is 0 Å². The predicted molar refractivity (Wildman–Crippen MR) is 55.9 cm³/mol. The molecule has 0 heterocycles. The lowest BCUT2D eigenvalue weighted by atomic mass is 10.2. The first-order chi connectivity index (χ1) is 6.45. The van der Waals surface area contributed by atoms with Gasteiger partial charge in [-0.3, -0.25) is 9.05 Å². The van der Waals surface area contributed by atoms with Crippen LogP contribution in [0.2, 0.25) is 0 Å². The third kappa shape index (κ3) is 4.80. The van der Waals surface area contributed by atoms with Crippen LogP contribution in [0.3, 0.4) is 0 Å². The molecule has 0 saturated carbocycles. The lowest BCUT2D eigenvalue weighted by Crippen LogP contribution is -2.03. The van der Waals surface area contributed by atoms with E-state index in [9.17, 15) is 4.57 Å². The van der Waals surface area contributed by atoms with Crippen LogP contribution in [0.4, 0.5) is 0 Å². The maximum Gasteiger partial charge on any atom is 0.529 e.